The normalized spacial score (nSPS) is 18.1. The Balaban J connectivity index is 1.73. The maximum Gasteiger partial charge on any atom is 0.293 e. The van der Waals surface area contributed by atoms with Gasteiger partial charge in [-0.3, -0.25) is 10.1 Å². The molecule has 0 aliphatic heterocycles. The lowest BCUT2D eigenvalue weighted by molar-refractivity contribution is 0.0995. The molecule has 0 saturated heterocycles. The van der Waals surface area contributed by atoms with Crippen LogP contribution in [0, 0.1) is 11.3 Å². The third kappa shape index (κ3) is 3.27. The molecule has 0 spiro atoms. The van der Waals surface area contributed by atoms with Crippen LogP contribution in [0.5, 0.6) is 0 Å². The summed E-state index contributed by atoms with van der Waals surface area (Å²) in [5.41, 5.74) is 1.45. The van der Waals surface area contributed by atoms with E-state index >= 15 is 0 Å². The number of fused-ring (bicyclic) bond motifs is 1. The van der Waals surface area contributed by atoms with Crippen molar-refractivity contribution < 1.29 is 9.21 Å². The minimum atomic E-state index is -0.260. The number of aromatic nitrogens is 1. The highest BCUT2D eigenvalue weighted by Gasteiger charge is 2.30. The predicted octanol–water partition coefficient (Wildman–Crippen LogP) is 4.90. The van der Waals surface area contributed by atoms with Gasteiger partial charge in [0.05, 0.1) is 5.69 Å². The van der Waals surface area contributed by atoms with Gasteiger partial charge >= 0.3 is 0 Å². The molecule has 0 bridgehead atoms. The summed E-state index contributed by atoms with van der Waals surface area (Å²) in [6, 6.07) is 3.35. The fraction of sp³-hybridized carbons (Fsp3) is 0.500. The first-order valence-electron chi connectivity index (χ1n) is 7.38. The Morgan fingerprint density at radius 1 is 1.45 bits per heavy atom. The Morgan fingerprint density at radius 2 is 2.23 bits per heavy atom. The van der Waals surface area contributed by atoms with Crippen LogP contribution >= 0.6 is 27.3 Å². The second kappa shape index (κ2) is 5.81. The third-order valence-corrected chi connectivity index (χ3v) is 5.64. The molecule has 0 saturated carbocycles. The van der Waals surface area contributed by atoms with E-state index in [9.17, 15) is 4.79 Å². The first-order valence-corrected chi connectivity index (χ1v) is 8.99. The highest BCUT2D eigenvalue weighted by Crippen LogP contribution is 2.40. The van der Waals surface area contributed by atoms with E-state index in [4.69, 9.17) is 4.42 Å². The van der Waals surface area contributed by atoms with Crippen LogP contribution in [0.3, 0.4) is 0 Å². The minimum Gasteiger partial charge on any atom is -0.444 e. The third-order valence-electron chi connectivity index (χ3n) is 4.18. The van der Waals surface area contributed by atoms with E-state index in [1.54, 1.807) is 23.5 Å². The molecule has 2 aromatic heterocycles. The number of amides is 1. The van der Waals surface area contributed by atoms with Crippen molar-refractivity contribution in [1.29, 1.82) is 0 Å². The predicted molar refractivity (Wildman–Crippen MR) is 91.4 cm³/mol. The first kappa shape index (κ1) is 15.7. The summed E-state index contributed by atoms with van der Waals surface area (Å²) >= 11 is 4.79. The summed E-state index contributed by atoms with van der Waals surface area (Å²) in [4.78, 5) is 18.0. The van der Waals surface area contributed by atoms with Crippen LogP contribution in [0.25, 0.3) is 0 Å². The van der Waals surface area contributed by atoms with Crippen LogP contribution in [0.4, 0.5) is 5.13 Å². The second-order valence-corrected chi connectivity index (χ2v) is 8.62. The lowest BCUT2D eigenvalue weighted by Gasteiger charge is -2.33. The number of hydrogen-bond acceptors (Lipinski definition) is 4. The van der Waals surface area contributed by atoms with Crippen molar-refractivity contribution in [1.82, 2.24) is 4.98 Å². The van der Waals surface area contributed by atoms with Crippen molar-refractivity contribution in [3.8, 4) is 0 Å². The molecule has 1 unspecified atom stereocenters. The molecule has 1 N–H and O–H groups in total. The highest BCUT2D eigenvalue weighted by molar-refractivity contribution is 9.10. The number of nitrogens with one attached hydrogen (secondary N) is 1. The zero-order valence-corrected chi connectivity index (χ0v) is 15.3. The largest absolute Gasteiger partial charge is 0.444 e. The van der Waals surface area contributed by atoms with Crippen molar-refractivity contribution in [3.05, 3.63) is 33.1 Å². The number of thiazole rings is 1. The van der Waals surface area contributed by atoms with Gasteiger partial charge in [0.25, 0.3) is 5.91 Å². The summed E-state index contributed by atoms with van der Waals surface area (Å²) < 4.78 is 5.81. The monoisotopic (exact) mass is 382 g/mol. The van der Waals surface area contributed by atoms with Gasteiger partial charge in [-0.2, -0.15) is 0 Å². The average Bonchev–Trinajstić information content (AvgIpc) is 3.02. The molecule has 1 amide bonds. The van der Waals surface area contributed by atoms with Crippen molar-refractivity contribution >= 4 is 38.3 Å². The van der Waals surface area contributed by atoms with Gasteiger partial charge < -0.3 is 4.42 Å². The molecule has 118 valence electrons. The zero-order chi connectivity index (χ0) is 15.9. The molecule has 3 rings (SSSR count). The molecule has 2 aromatic rings. The molecular formula is C16H19BrN2O2S. The van der Waals surface area contributed by atoms with Crippen molar-refractivity contribution in [2.24, 2.45) is 11.3 Å². The molecule has 1 atom stereocenters. The Morgan fingerprint density at radius 3 is 2.86 bits per heavy atom. The van der Waals surface area contributed by atoms with E-state index in [-0.39, 0.29) is 11.7 Å². The lowest BCUT2D eigenvalue weighted by Crippen LogP contribution is -2.26. The van der Waals surface area contributed by atoms with Crippen LogP contribution in [-0.2, 0) is 12.8 Å². The van der Waals surface area contributed by atoms with Gasteiger partial charge in [0.15, 0.2) is 15.6 Å². The molecule has 0 fully saturated rings. The molecule has 1 aliphatic rings. The number of halogens is 1. The van der Waals surface area contributed by atoms with Crippen molar-refractivity contribution in [3.63, 3.8) is 0 Å². The number of furan rings is 1. The zero-order valence-electron chi connectivity index (χ0n) is 12.9. The first-order chi connectivity index (χ1) is 10.3. The quantitative estimate of drug-likeness (QED) is 0.802. The molecule has 4 nitrogen and oxygen atoms in total. The second-order valence-electron chi connectivity index (χ2n) is 6.75. The maximum absolute atomic E-state index is 12.1. The standard InChI is InChI=1S/C16H19BrN2O2S/c1-16(2,3)9-4-5-10-12(8-9)22-15(18-10)19-14(20)11-6-7-13(17)21-11/h6-7,9H,4-5,8H2,1-3H3,(H,18,19,20). The summed E-state index contributed by atoms with van der Waals surface area (Å²) in [5.74, 6) is 0.696. The van der Waals surface area contributed by atoms with Gasteiger partial charge in [0.2, 0.25) is 0 Å². The van der Waals surface area contributed by atoms with E-state index < -0.39 is 0 Å². The van der Waals surface area contributed by atoms with Crippen LogP contribution in [0.1, 0.15) is 48.3 Å². The van der Waals surface area contributed by atoms with Crippen LogP contribution < -0.4 is 5.32 Å². The molecule has 2 heterocycles. The van der Waals surface area contributed by atoms with Gasteiger partial charge in [-0.1, -0.05) is 20.8 Å². The van der Waals surface area contributed by atoms with E-state index in [2.05, 4.69) is 47.0 Å². The molecule has 1 aliphatic carbocycles. The van der Waals surface area contributed by atoms with Crippen molar-refractivity contribution in [2.45, 2.75) is 40.0 Å². The fourth-order valence-corrected chi connectivity index (χ4v) is 4.15. The van der Waals surface area contributed by atoms with Gasteiger partial charge in [-0.25, -0.2) is 4.98 Å². The maximum atomic E-state index is 12.1. The van der Waals surface area contributed by atoms with Crippen LogP contribution in [0.2, 0.25) is 0 Å². The van der Waals surface area contributed by atoms with Crippen LogP contribution in [0.15, 0.2) is 21.2 Å². The molecular weight excluding hydrogens is 364 g/mol. The van der Waals surface area contributed by atoms with E-state index in [1.165, 1.54) is 11.3 Å². The van der Waals surface area contributed by atoms with Gasteiger partial charge in [-0.15, -0.1) is 11.3 Å². The topological polar surface area (TPSA) is 55.1 Å². The average molecular weight is 383 g/mol. The number of aryl methyl sites for hydroxylation is 1. The van der Waals surface area contributed by atoms with Gasteiger partial charge in [0.1, 0.15) is 0 Å². The Kier molecular flexibility index (Phi) is 4.16. The number of anilines is 1. The summed E-state index contributed by atoms with van der Waals surface area (Å²) in [6.45, 7) is 6.88. The van der Waals surface area contributed by atoms with Gasteiger partial charge in [0, 0.05) is 4.88 Å². The van der Waals surface area contributed by atoms with Crippen LogP contribution in [-0.4, -0.2) is 10.9 Å². The highest BCUT2D eigenvalue weighted by atomic mass is 79.9. The summed E-state index contributed by atoms with van der Waals surface area (Å²) in [7, 11) is 0. The summed E-state index contributed by atoms with van der Waals surface area (Å²) in [5, 5.41) is 3.50. The van der Waals surface area contributed by atoms with E-state index in [0.717, 1.165) is 18.5 Å². The number of carbonyl (C=O) groups excluding carboxylic acids is 1. The Bertz CT molecular complexity index is 699. The SMILES string of the molecule is CC(C)(C)C1CCc2nc(NC(=O)c3ccc(Br)o3)sc2C1. The Labute approximate surface area is 142 Å². The molecule has 0 radical (unpaired) electrons. The summed E-state index contributed by atoms with van der Waals surface area (Å²) in [6.07, 6.45) is 3.22. The minimum absolute atomic E-state index is 0.260. The smallest absolute Gasteiger partial charge is 0.293 e. The number of nitrogens with zero attached hydrogens (tertiary/aromatic N) is 1. The Hall–Kier alpha value is -1.14. The van der Waals surface area contributed by atoms with Gasteiger partial charge in [-0.05, 0) is 58.7 Å². The molecule has 6 heteroatoms. The lowest BCUT2D eigenvalue weighted by atomic mass is 9.73. The van der Waals surface area contributed by atoms with Crippen molar-refractivity contribution in [2.75, 3.05) is 5.32 Å². The molecule has 22 heavy (non-hydrogen) atoms. The number of hydrogen-bond donors (Lipinski definition) is 1. The molecule has 0 aromatic carbocycles. The number of carbonyl (C=O) groups is 1. The van der Waals surface area contributed by atoms with E-state index in [0.29, 0.717) is 21.1 Å². The van der Waals surface area contributed by atoms with E-state index in [1.807, 2.05) is 0 Å². The fourth-order valence-electron chi connectivity index (χ4n) is 2.76. The number of rotatable bonds is 2.